The van der Waals surface area contributed by atoms with Crippen molar-refractivity contribution < 1.29 is 9.90 Å². The first-order valence-corrected chi connectivity index (χ1v) is 8.16. The fourth-order valence-corrected chi connectivity index (χ4v) is 5.31. The Morgan fingerprint density at radius 3 is 2.20 bits per heavy atom. The second-order valence-corrected chi connectivity index (χ2v) is 7.80. The van der Waals surface area contributed by atoms with E-state index in [0.29, 0.717) is 13.0 Å². The third kappa shape index (κ3) is 2.86. The first kappa shape index (κ1) is 14.3. The Hall–Kier alpha value is -0.610. The molecule has 4 heteroatoms. The number of rotatable bonds is 5. The summed E-state index contributed by atoms with van der Waals surface area (Å²) in [5.41, 5.74) is 6.05. The Bertz CT molecular complexity index is 345. The molecule has 2 unspecified atom stereocenters. The zero-order valence-corrected chi connectivity index (χ0v) is 12.5. The second-order valence-electron chi connectivity index (χ2n) is 7.80. The topological polar surface area (TPSA) is 75.3 Å². The van der Waals surface area contributed by atoms with Gasteiger partial charge in [0.2, 0.25) is 5.91 Å². The average molecular weight is 280 g/mol. The highest BCUT2D eigenvalue weighted by atomic mass is 16.3. The molecule has 4 aliphatic rings. The van der Waals surface area contributed by atoms with Gasteiger partial charge in [-0.05, 0) is 68.6 Å². The minimum absolute atomic E-state index is 0.128. The van der Waals surface area contributed by atoms with Crippen LogP contribution in [0.15, 0.2) is 0 Å². The van der Waals surface area contributed by atoms with E-state index in [9.17, 15) is 9.90 Å². The van der Waals surface area contributed by atoms with Gasteiger partial charge in [-0.3, -0.25) is 4.79 Å². The smallest absolute Gasteiger partial charge is 0.220 e. The van der Waals surface area contributed by atoms with Crippen LogP contribution in [0.5, 0.6) is 0 Å². The first-order chi connectivity index (χ1) is 9.46. The molecule has 4 bridgehead atoms. The van der Waals surface area contributed by atoms with Crippen LogP contribution in [-0.4, -0.2) is 29.7 Å². The second kappa shape index (κ2) is 5.30. The molecule has 1 amide bonds. The van der Waals surface area contributed by atoms with Crippen LogP contribution in [0.25, 0.3) is 0 Å². The standard InChI is InChI=1S/C16H28N2O2/c1-10(19)14(17)9-18-15(20)8-16-5-11-2-12(6-16)4-13(3-11)7-16/h10-14,19H,2-9,17H2,1H3,(H,18,20). The van der Waals surface area contributed by atoms with Crippen molar-refractivity contribution in [1.29, 1.82) is 0 Å². The molecule has 0 saturated heterocycles. The van der Waals surface area contributed by atoms with Gasteiger partial charge in [0.15, 0.2) is 0 Å². The molecule has 4 rings (SSSR count). The van der Waals surface area contributed by atoms with Crippen molar-refractivity contribution in [2.75, 3.05) is 6.54 Å². The molecule has 0 spiro atoms. The Morgan fingerprint density at radius 2 is 1.75 bits per heavy atom. The van der Waals surface area contributed by atoms with Gasteiger partial charge in [-0.2, -0.15) is 0 Å². The molecule has 4 saturated carbocycles. The lowest BCUT2D eigenvalue weighted by molar-refractivity contribution is -0.129. The molecule has 0 aromatic carbocycles. The molecule has 0 aromatic heterocycles. The number of aliphatic hydroxyl groups is 1. The number of hydrogen-bond donors (Lipinski definition) is 3. The van der Waals surface area contributed by atoms with Gasteiger partial charge in [0.05, 0.1) is 6.10 Å². The fraction of sp³-hybridized carbons (Fsp3) is 0.938. The van der Waals surface area contributed by atoms with E-state index in [4.69, 9.17) is 5.73 Å². The molecule has 4 fully saturated rings. The molecule has 4 nitrogen and oxygen atoms in total. The van der Waals surface area contributed by atoms with Crippen LogP contribution in [0.4, 0.5) is 0 Å². The number of aliphatic hydroxyl groups excluding tert-OH is 1. The predicted octanol–water partition coefficient (Wildman–Crippen LogP) is 1.42. The van der Waals surface area contributed by atoms with Gasteiger partial charge >= 0.3 is 0 Å². The van der Waals surface area contributed by atoms with E-state index in [-0.39, 0.29) is 17.4 Å². The monoisotopic (exact) mass is 280 g/mol. The molecule has 0 aliphatic heterocycles. The lowest BCUT2D eigenvalue weighted by Crippen LogP contribution is -2.49. The Kier molecular flexibility index (Phi) is 3.80. The summed E-state index contributed by atoms with van der Waals surface area (Å²) in [6, 6.07) is -0.365. The summed E-state index contributed by atoms with van der Waals surface area (Å²) in [6.07, 6.45) is 8.10. The van der Waals surface area contributed by atoms with Crippen LogP contribution in [0.3, 0.4) is 0 Å². The third-order valence-corrected chi connectivity index (χ3v) is 5.86. The summed E-state index contributed by atoms with van der Waals surface area (Å²) in [5, 5.41) is 12.3. The van der Waals surface area contributed by atoms with Crippen molar-refractivity contribution in [3.63, 3.8) is 0 Å². The maximum absolute atomic E-state index is 12.2. The predicted molar refractivity (Wildman–Crippen MR) is 77.9 cm³/mol. The molecule has 4 N–H and O–H groups in total. The number of carbonyl (C=O) groups is 1. The van der Waals surface area contributed by atoms with Crippen LogP contribution >= 0.6 is 0 Å². The maximum atomic E-state index is 12.2. The molecule has 114 valence electrons. The van der Waals surface area contributed by atoms with Crippen molar-refractivity contribution in [2.24, 2.45) is 28.9 Å². The Labute approximate surface area is 121 Å². The summed E-state index contributed by atoms with van der Waals surface area (Å²) in [6.45, 7) is 2.04. The number of carbonyl (C=O) groups excluding carboxylic acids is 1. The Morgan fingerprint density at radius 1 is 1.25 bits per heavy atom. The van der Waals surface area contributed by atoms with Crippen LogP contribution in [-0.2, 0) is 4.79 Å². The molecular formula is C16H28N2O2. The molecular weight excluding hydrogens is 252 g/mol. The minimum Gasteiger partial charge on any atom is -0.392 e. The van der Waals surface area contributed by atoms with Crippen molar-refractivity contribution in [3.05, 3.63) is 0 Å². The highest BCUT2D eigenvalue weighted by Crippen LogP contribution is 2.61. The van der Waals surface area contributed by atoms with Crippen LogP contribution in [0, 0.1) is 23.2 Å². The zero-order valence-electron chi connectivity index (χ0n) is 12.5. The van der Waals surface area contributed by atoms with E-state index in [1.54, 1.807) is 6.92 Å². The third-order valence-electron chi connectivity index (χ3n) is 5.86. The number of nitrogens with one attached hydrogen (secondary N) is 1. The van der Waals surface area contributed by atoms with E-state index in [0.717, 1.165) is 17.8 Å². The van der Waals surface area contributed by atoms with Gasteiger partial charge in [-0.15, -0.1) is 0 Å². The summed E-state index contributed by atoms with van der Waals surface area (Å²) in [4.78, 5) is 12.2. The van der Waals surface area contributed by atoms with Gasteiger partial charge in [0.1, 0.15) is 0 Å². The Balaban J connectivity index is 1.54. The van der Waals surface area contributed by atoms with Crippen molar-refractivity contribution >= 4 is 5.91 Å². The van der Waals surface area contributed by atoms with E-state index >= 15 is 0 Å². The molecule has 0 radical (unpaired) electrons. The SMILES string of the molecule is CC(O)C(N)CNC(=O)CC12CC3CC(CC(C3)C1)C2. The van der Waals surface area contributed by atoms with Gasteiger partial charge in [0.25, 0.3) is 0 Å². The van der Waals surface area contributed by atoms with E-state index < -0.39 is 6.10 Å². The summed E-state index contributed by atoms with van der Waals surface area (Å²) >= 11 is 0. The van der Waals surface area contributed by atoms with Gasteiger partial charge in [-0.25, -0.2) is 0 Å². The summed E-state index contributed by atoms with van der Waals surface area (Å²) in [5.74, 6) is 2.78. The largest absolute Gasteiger partial charge is 0.392 e. The molecule has 2 atom stereocenters. The summed E-state index contributed by atoms with van der Waals surface area (Å²) < 4.78 is 0. The lowest BCUT2D eigenvalue weighted by atomic mass is 9.49. The van der Waals surface area contributed by atoms with Crippen molar-refractivity contribution in [3.8, 4) is 0 Å². The molecule has 0 heterocycles. The van der Waals surface area contributed by atoms with Crippen LogP contribution in [0.2, 0.25) is 0 Å². The van der Waals surface area contributed by atoms with Crippen molar-refractivity contribution in [1.82, 2.24) is 5.32 Å². The zero-order chi connectivity index (χ0) is 14.3. The highest BCUT2D eigenvalue weighted by molar-refractivity contribution is 5.76. The van der Waals surface area contributed by atoms with E-state index in [1.807, 2.05) is 0 Å². The molecule has 0 aromatic rings. The maximum Gasteiger partial charge on any atom is 0.220 e. The minimum atomic E-state index is -0.574. The lowest BCUT2D eigenvalue weighted by Gasteiger charge is -2.56. The van der Waals surface area contributed by atoms with Gasteiger partial charge < -0.3 is 16.2 Å². The number of nitrogens with two attached hydrogens (primary N) is 1. The van der Waals surface area contributed by atoms with Crippen LogP contribution < -0.4 is 11.1 Å². The van der Waals surface area contributed by atoms with E-state index in [2.05, 4.69) is 5.32 Å². The number of amides is 1. The number of hydrogen-bond acceptors (Lipinski definition) is 3. The normalized spacial score (nSPS) is 41.5. The first-order valence-electron chi connectivity index (χ1n) is 8.16. The summed E-state index contributed by atoms with van der Waals surface area (Å²) in [7, 11) is 0. The van der Waals surface area contributed by atoms with E-state index in [1.165, 1.54) is 38.5 Å². The average Bonchev–Trinajstić information content (AvgIpc) is 2.33. The molecule has 4 aliphatic carbocycles. The highest BCUT2D eigenvalue weighted by Gasteiger charge is 2.51. The molecule has 20 heavy (non-hydrogen) atoms. The van der Waals surface area contributed by atoms with Crippen molar-refractivity contribution in [2.45, 2.75) is 64.0 Å². The quantitative estimate of drug-likeness (QED) is 0.713. The van der Waals surface area contributed by atoms with Crippen LogP contribution in [0.1, 0.15) is 51.9 Å². The fourth-order valence-electron chi connectivity index (χ4n) is 5.31. The van der Waals surface area contributed by atoms with Gasteiger partial charge in [-0.1, -0.05) is 0 Å². The van der Waals surface area contributed by atoms with Gasteiger partial charge in [0, 0.05) is 19.0 Å².